The van der Waals surface area contributed by atoms with Crippen LogP contribution in [0.5, 0.6) is 0 Å². The zero-order chi connectivity index (χ0) is 17.2. The lowest BCUT2D eigenvalue weighted by Crippen LogP contribution is -2.54. The Morgan fingerprint density at radius 2 is 2.08 bits per heavy atom. The van der Waals surface area contributed by atoms with Crippen molar-refractivity contribution in [2.24, 2.45) is 5.92 Å². The molecular weight excluding hydrogens is 336 g/mol. The van der Waals surface area contributed by atoms with E-state index < -0.39 is 0 Å². The molecule has 0 bridgehead atoms. The number of hydrogen-bond donors (Lipinski definition) is 1. The van der Waals surface area contributed by atoms with Crippen LogP contribution in [0.3, 0.4) is 0 Å². The molecule has 0 spiro atoms. The second-order valence-corrected chi connectivity index (χ2v) is 8.64. The minimum Gasteiger partial charge on any atom is -0.352 e. The Balaban J connectivity index is 1.30. The highest BCUT2D eigenvalue weighted by Crippen LogP contribution is 2.22. The molecule has 3 aliphatic heterocycles. The molecule has 6 nitrogen and oxygen atoms in total. The smallest absolute Gasteiger partial charge is 0.267 e. The normalized spacial score (nSPS) is 25.0. The molecule has 4 rings (SSSR count). The van der Waals surface area contributed by atoms with Crippen molar-refractivity contribution in [1.29, 1.82) is 0 Å². The fourth-order valence-corrected chi connectivity index (χ4v) is 5.02. The van der Waals surface area contributed by atoms with Gasteiger partial charge in [0.1, 0.15) is 0 Å². The molecule has 2 fully saturated rings. The van der Waals surface area contributed by atoms with E-state index in [4.69, 9.17) is 0 Å². The van der Waals surface area contributed by atoms with Crippen molar-refractivity contribution >= 4 is 17.7 Å². The molecule has 1 aromatic heterocycles. The third kappa shape index (κ3) is 4.08. The quantitative estimate of drug-likeness (QED) is 0.866. The number of carbonyl (C=O) groups is 1. The van der Waals surface area contributed by atoms with E-state index >= 15 is 0 Å². The van der Waals surface area contributed by atoms with Gasteiger partial charge in [-0.1, -0.05) is 6.42 Å². The lowest BCUT2D eigenvalue weighted by atomic mass is 9.98. The second kappa shape index (κ2) is 7.50. The summed E-state index contributed by atoms with van der Waals surface area (Å²) in [6.45, 7) is 3.64. The van der Waals surface area contributed by atoms with Crippen LogP contribution in [-0.2, 0) is 23.5 Å². The highest BCUT2D eigenvalue weighted by Gasteiger charge is 2.30. The molecule has 1 atom stereocenters. The van der Waals surface area contributed by atoms with Crippen LogP contribution in [0.15, 0.2) is 10.9 Å². The van der Waals surface area contributed by atoms with E-state index in [1.54, 1.807) is 10.7 Å². The van der Waals surface area contributed by atoms with E-state index in [0.717, 1.165) is 68.1 Å². The Morgan fingerprint density at radius 1 is 1.20 bits per heavy atom. The summed E-state index contributed by atoms with van der Waals surface area (Å²) in [5.41, 5.74) is 2.27. The standard InChI is InChI=1S/C18H26N4O2S/c23-17-4-2-1-3-15(19-17)11-21-8-13(9-21)10-22-18(24)7-14-12-25-6-5-16(14)20-22/h7,13,15H,1-6,8-12H2,(H,19,23). The van der Waals surface area contributed by atoms with Crippen molar-refractivity contribution in [1.82, 2.24) is 20.0 Å². The van der Waals surface area contributed by atoms with Gasteiger partial charge in [-0.3, -0.25) is 9.59 Å². The summed E-state index contributed by atoms with van der Waals surface area (Å²) >= 11 is 1.88. The van der Waals surface area contributed by atoms with E-state index in [-0.39, 0.29) is 17.5 Å². The predicted octanol–water partition coefficient (Wildman–Crippen LogP) is 1.02. The summed E-state index contributed by atoms with van der Waals surface area (Å²) in [4.78, 5) is 26.3. The SMILES string of the molecule is O=C1CCCCC(CN2CC(Cn3nc4c(cc3=O)CSCC4)C2)N1. The minimum absolute atomic E-state index is 0.0377. The molecule has 0 saturated carbocycles. The summed E-state index contributed by atoms with van der Waals surface area (Å²) in [7, 11) is 0. The molecule has 1 aromatic rings. The minimum atomic E-state index is 0.0377. The Bertz CT molecular complexity index is 699. The largest absolute Gasteiger partial charge is 0.352 e. The molecule has 3 aliphatic rings. The van der Waals surface area contributed by atoms with E-state index in [1.807, 2.05) is 11.8 Å². The molecular formula is C18H26N4O2S. The fraction of sp³-hybridized carbons (Fsp3) is 0.722. The lowest BCUT2D eigenvalue weighted by molar-refractivity contribution is -0.121. The van der Waals surface area contributed by atoms with Crippen molar-refractivity contribution in [3.8, 4) is 0 Å². The first kappa shape index (κ1) is 17.1. The number of nitrogens with zero attached hydrogens (tertiary/aromatic N) is 3. The van der Waals surface area contributed by atoms with E-state index in [1.165, 1.54) is 0 Å². The first-order valence-electron chi connectivity index (χ1n) is 9.37. The number of amides is 1. The zero-order valence-electron chi connectivity index (χ0n) is 14.6. The highest BCUT2D eigenvalue weighted by molar-refractivity contribution is 7.98. The van der Waals surface area contributed by atoms with Crippen LogP contribution >= 0.6 is 11.8 Å². The van der Waals surface area contributed by atoms with Gasteiger partial charge in [0.15, 0.2) is 0 Å². The Labute approximate surface area is 152 Å². The van der Waals surface area contributed by atoms with Gasteiger partial charge in [-0.15, -0.1) is 0 Å². The maximum Gasteiger partial charge on any atom is 0.267 e. The number of thioether (sulfide) groups is 1. The molecule has 136 valence electrons. The summed E-state index contributed by atoms with van der Waals surface area (Å²) in [5.74, 6) is 2.70. The van der Waals surface area contributed by atoms with E-state index in [0.29, 0.717) is 18.9 Å². The van der Waals surface area contributed by atoms with Crippen LogP contribution < -0.4 is 10.9 Å². The number of nitrogens with one attached hydrogen (secondary N) is 1. The van der Waals surface area contributed by atoms with Gasteiger partial charge in [-0.2, -0.15) is 16.9 Å². The molecule has 1 unspecified atom stereocenters. The number of hydrogen-bond acceptors (Lipinski definition) is 5. The van der Waals surface area contributed by atoms with Gasteiger partial charge in [0, 0.05) is 56.3 Å². The van der Waals surface area contributed by atoms with Crippen molar-refractivity contribution in [2.45, 2.75) is 50.4 Å². The predicted molar refractivity (Wildman–Crippen MR) is 98.7 cm³/mol. The molecule has 2 saturated heterocycles. The van der Waals surface area contributed by atoms with Gasteiger partial charge in [0.2, 0.25) is 5.91 Å². The topological polar surface area (TPSA) is 67.2 Å². The van der Waals surface area contributed by atoms with Crippen molar-refractivity contribution < 1.29 is 4.79 Å². The van der Waals surface area contributed by atoms with Crippen LogP contribution in [0.2, 0.25) is 0 Å². The van der Waals surface area contributed by atoms with Crippen LogP contribution in [0, 0.1) is 5.92 Å². The Morgan fingerprint density at radius 3 is 2.96 bits per heavy atom. The number of aryl methyl sites for hydroxylation is 1. The van der Waals surface area contributed by atoms with Gasteiger partial charge >= 0.3 is 0 Å². The highest BCUT2D eigenvalue weighted by atomic mass is 32.2. The fourth-order valence-electron chi connectivity index (χ4n) is 4.07. The average Bonchev–Trinajstić information content (AvgIpc) is 2.77. The molecule has 25 heavy (non-hydrogen) atoms. The maximum atomic E-state index is 12.3. The summed E-state index contributed by atoms with van der Waals surface area (Å²) in [6, 6.07) is 2.07. The third-order valence-electron chi connectivity index (χ3n) is 5.42. The second-order valence-electron chi connectivity index (χ2n) is 7.53. The number of fused-ring (bicyclic) bond motifs is 1. The average molecular weight is 362 g/mol. The maximum absolute atomic E-state index is 12.3. The summed E-state index contributed by atoms with van der Waals surface area (Å²) < 4.78 is 1.67. The van der Waals surface area contributed by atoms with Gasteiger partial charge in [-0.05, 0) is 24.2 Å². The van der Waals surface area contributed by atoms with Crippen LogP contribution in [0.4, 0.5) is 0 Å². The molecule has 1 amide bonds. The summed E-state index contributed by atoms with van der Waals surface area (Å²) in [5, 5.41) is 7.75. The number of rotatable bonds is 4. The lowest BCUT2D eigenvalue weighted by Gasteiger charge is -2.41. The van der Waals surface area contributed by atoms with E-state index in [2.05, 4.69) is 15.3 Å². The van der Waals surface area contributed by atoms with Crippen LogP contribution in [0.1, 0.15) is 36.9 Å². The molecule has 0 aromatic carbocycles. The van der Waals surface area contributed by atoms with Gasteiger partial charge in [-0.25, -0.2) is 4.68 Å². The molecule has 4 heterocycles. The van der Waals surface area contributed by atoms with Crippen molar-refractivity contribution in [3.63, 3.8) is 0 Å². The molecule has 7 heteroatoms. The van der Waals surface area contributed by atoms with Gasteiger partial charge < -0.3 is 10.2 Å². The molecule has 0 aliphatic carbocycles. The Kier molecular flexibility index (Phi) is 5.12. The third-order valence-corrected chi connectivity index (χ3v) is 6.43. The molecule has 0 radical (unpaired) electrons. The van der Waals surface area contributed by atoms with Crippen LogP contribution in [0.25, 0.3) is 0 Å². The van der Waals surface area contributed by atoms with Crippen LogP contribution in [-0.4, -0.2) is 52.0 Å². The first-order valence-corrected chi connectivity index (χ1v) is 10.5. The number of carbonyl (C=O) groups excluding carboxylic acids is 1. The van der Waals surface area contributed by atoms with Crippen molar-refractivity contribution in [2.75, 3.05) is 25.4 Å². The monoisotopic (exact) mass is 362 g/mol. The number of likely N-dealkylation sites (tertiary alicyclic amines) is 1. The summed E-state index contributed by atoms with van der Waals surface area (Å²) in [6.07, 6.45) is 4.86. The molecule has 1 N–H and O–H groups in total. The van der Waals surface area contributed by atoms with Gasteiger partial charge in [0.05, 0.1) is 12.2 Å². The first-order chi connectivity index (χ1) is 12.2. The van der Waals surface area contributed by atoms with E-state index in [9.17, 15) is 9.59 Å². The zero-order valence-corrected chi connectivity index (χ0v) is 15.4. The van der Waals surface area contributed by atoms with Gasteiger partial charge in [0.25, 0.3) is 5.56 Å². The van der Waals surface area contributed by atoms with Crippen molar-refractivity contribution in [3.05, 3.63) is 27.7 Å². The number of aromatic nitrogens is 2. The Hall–Kier alpha value is -1.34.